The molecule has 0 bridgehead atoms. The first-order valence-corrected chi connectivity index (χ1v) is 6.39. The number of aldehydes is 1. The molecule has 4 heteroatoms. The smallest absolute Gasteiger partial charge is 0.141 e. The Bertz CT molecular complexity index is 395. The summed E-state index contributed by atoms with van der Waals surface area (Å²) < 4.78 is 5.59. The second-order valence-electron chi connectivity index (χ2n) is 4.07. The molecule has 1 unspecified atom stereocenters. The number of carbonyl (C=O) groups is 1. The number of hydrogen-bond acceptors (Lipinski definition) is 3. The van der Waals surface area contributed by atoms with Gasteiger partial charge in [-0.25, -0.2) is 0 Å². The molecular formula is C13H16ClNO2. The first-order valence-electron chi connectivity index (χ1n) is 5.85. The number of alkyl halides is 1. The van der Waals surface area contributed by atoms with Crippen LogP contribution in [-0.2, 0) is 11.2 Å². The summed E-state index contributed by atoms with van der Waals surface area (Å²) in [5.74, 6) is 1.47. The molecule has 0 amide bonds. The molecule has 0 saturated heterocycles. The van der Waals surface area contributed by atoms with Gasteiger partial charge in [-0.3, -0.25) is 0 Å². The van der Waals surface area contributed by atoms with Crippen molar-refractivity contribution in [1.29, 1.82) is 0 Å². The SMILES string of the molecule is O=CC1NCCc2cc(OCCCCl)ccc21. The lowest BCUT2D eigenvalue weighted by atomic mass is 9.95. The number of ether oxygens (including phenoxy) is 1. The maximum Gasteiger partial charge on any atom is 0.141 e. The number of benzene rings is 1. The summed E-state index contributed by atoms with van der Waals surface area (Å²) >= 11 is 5.59. The molecule has 0 aliphatic carbocycles. The Morgan fingerprint density at radius 3 is 3.18 bits per heavy atom. The van der Waals surface area contributed by atoms with E-state index >= 15 is 0 Å². The van der Waals surface area contributed by atoms with E-state index < -0.39 is 0 Å². The number of fused-ring (bicyclic) bond motifs is 1. The third-order valence-corrected chi connectivity index (χ3v) is 3.16. The summed E-state index contributed by atoms with van der Waals surface area (Å²) in [6.45, 7) is 1.47. The maximum absolute atomic E-state index is 10.9. The number of hydrogen-bond donors (Lipinski definition) is 1. The van der Waals surface area contributed by atoms with Gasteiger partial charge in [0.1, 0.15) is 12.0 Å². The molecule has 1 atom stereocenters. The zero-order valence-corrected chi connectivity index (χ0v) is 10.4. The molecule has 0 aromatic heterocycles. The Labute approximate surface area is 106 Å². The van der Waals surface area contributed by atoms with Gasteiger partial charge < -0.3 is 14.8 Å². The molecule has 92 valence electrons. The normalized spacial score (nSPS) is 18.5. The predicted molar refractivity (Wildman–Crippen MR) is 67.8 cm³/mol. The van der Waals surface area contributed by atoms with Crippen LogP contribution in [0.25, 0.3) is 0 Å². The van der Waals surface area contributed by atoms with Crippen LogP contribution in [0.1, 0.15) is 23.6 Å². The molecule has 3 nitrogen and oxygen atoms in total. The van der Waals surface area contributed by atoms with Gasteiger partial charge in [0.05, 0.1) is 12.6 Å². The Hall–Kier alpha value is -1.06. The van der Waals surface area contributed by atoms with E-state index in [9.17, 15) is 4.79 Å². The van der Waals surface area contributed by atoms with Crippen LogP contribution in [-0.4, -0.2) is 25.3 Å². The Morgan fingerprint density at radius 1 is 1.53 bits per heavy atom. The van der Waals surface area contributed by atoms with Crippen molar-refractivity contribution in [2.45, 2.75) is 18.9 Å². The fourth-order valence-corrected chi connectivity index (χ4v) is 2.14. The average molecular weight is 254 g/mol. The van der Waals surface area contributed by atoms with Gasteiger partial charge in [0, 0.05) is 12.4 Å². The molecule has 0 fully saturated rings. The van der Waals surface area contributed by atoms with Crippen molar-refractivity contribution in [2.75, 3.05) is 19.0 Å². The number of rotatable bonds is 5. The highest BCUT2D eigenvalue weighted by atomic mass is 35.5. The Balaban J connectivity index is 2.10. The van der Waals surface area contributed by atoms with Gasteiger partial charge in [-0.05, 0) is 36.1 Å². The summed E-state index contributed by atoms with van der Waals surface area (Å²) in [4.78, 5) is 10.9. The molecule has 1 heterocycles. The third-order valence-electron chi connectivity index (χ3n) is 2.89. The van der Waals surface area contributed by atoms with E-state index in [0.29, 0.717) is 12.5 Å². The van der Waals surface area contributed by atoms with Gasteiger partial charge in [0.25, 0.3) is 0 Å². The lowest BCUT2D eigenvalue weighted by Gasteiger charge is -2.23. The molecule has 0 saturated carbocycles. The fraction of sp³-hybridized carbons (Fsp3) is 0.462. The van der Waals surface area contributed by atoms with Crippen molar-refractivity contribution in [1.82, 2.24) is 5.32 Å². The predicted octanol–water partition coefficient (Wildman–Crippen LogP) is 2.08. The van der Waals surface area contributed by atoms with E-state index in [1.54, 1.807) is 0 Å². The summed E-state index contributed by atoms with van der Waals surface area (Å²) in [6, 6.07) is 5.74. The minimum absolute atomic E-state index is 0.171. The molecule has 1 N–H and O–H groups in total. The molecule has 1 aromatic carbocycles. The van der Waals surface area contributed by atoms with Gasteiger partial charge in [-0.2, -0.15) is 0 Å². The highest BCUT2D eigenvalue weighted by Gasteiger charge is 2.18. The number of nitrogens with one attached hydrogen (secondary N) is 1. The van der Waals surface area contributed by atoms with Gasteiger partial charge in [0.2, 0.25) is 0 Å². The van der Waals surface area contributed by atoms with Crippen LogP contribution < -0.4 is 10.1 Å². The van der Waals surface area contributed by atoms with Gasteiger partial charge in [-0.15, -0.1) is 11.6 Å². The standard InChI is InChI=1S/C13H16ClNO2/c14-5-1-7-17-11-2-3-12-10(8-11)4-6-15-13(12)9-16/h2-3,8-9,13,15H,1,4-7H2. The van der Waals surface area contributed by atoms with E-state index in [4.69, 9.17) is 16.3 Å². The van der Waals surface area contributed by atoms with Crippen LogP contribution in [0.2, 0.25) is 0 Å². The zero-order valence-electron chi connectivity index (χ0n) is 9.62. The molecule has 1 aliphatic rings. The second kappa shape index (κ2) is 6.03. The highest BCUT2D eigenvalue weighted by molar-refractivity contribution is 6.17. The fourth-order valence-electron chi connectivity index (χ4n) is 2.03. The molecule has 1 aromatic rings. The van der Waals surface area contributed by atoms with Gasteiger partial charge >= 0.3 is 0 Å². The lowest BCUT2D eigenvalue weighted by molar-refractivity contribution is -0.109. The van der Waals surface area contributed by atoms with Crippen molar-refractivity contribution < 1.29 is 9.53 Å². The Kier molecular flexibility index (Phi) is 4.40. The van der Waals surface area contributed by atoms with E-state index in [2.05, 4.69) is 5.32 Å². The molecule has 1 aliphatic heterocycles. The summed E-state index contributed by atoms with van der Waals surface area (Å²) in [7, 11) is 0. The topological polar surface area (TPSA) is 38.3 Å². The number of carbonyl (C=O) groups excluding carboxylic acids is 1. The number of halogens is 1. The first kappa shape index (κ1) is 12.4. The van der Waals surface area contributed by atoms with Crippen LogP contribution in [0.5, 0.6) is 5.75 Å². The van der Waals surface area contributed by atoms with Crippen molar-refractivity contribution in [3.05, 3.63) is 29.3 Å². The molecule has 17 heavy (non-hydrogen) atoms. The monoisotopic (exact) mass is 253 g/mol. The first-order chi connectivity index (χ1) is 8.35. The van der Waals surface area contributed by atoms with Crippen LogP contribution in [0.3, 0.4) is 0 Å². The minimum atomic E-state index is -0.171. The van der Waals surface area contributed by atoms with Crippen LogP contribution >= 0.6 is 11.6 Å². The quantitative estimate of drug-likeness (QED) is 0.496. The van der Waals surface area contributed by atoms with E-state index in [0.717, 1.165) is 37.0 Å². The third kappa shape index (κ3) is 2.99. The van der Waals surface area contributed by atoms with Gasteiger partial charge in [-0.1, -0.05) is 6.07 Å². The maximum atomic E-state index is 10.9. The Morgan fingerprint density at radius 2 is 2.41 bits per heavy atom. The zero-order chi connectivity index (χ0) is 12.1. The highest BCUT2D eigenvalue weighted by Crippen LogP contribution is 2.25. The van der Waals surface area contributed by atoms with Gasteiger partial charge in [0.15, 0.2) is 0 Å². The largest absolute Gasteiger partial charge is 0.494 e. The summed E-state index contributed by atoms with van der Waals surface area (Å²) in [6.07, 6.45) is 2.73. The van der Waals surface area contributed by atoms with E-state index in [-0.39, 0.29) is 6.04 Å². The lowest BCUT2D eigenvalue weighted by Crippen LogP contribution is -2.30. The molecular weight excluding hydrogens is 238 g/mol. The second-order valence-corrected chi connectivity index (χ2v) is 4.45. The van der Waals surface area contributed by atoms with Crippen LogP contribution in [0.15, 0.2) is 18.2 Å². The van der Waals surface area contributed by atoms with Crippen molar-refractivity contribution in [2.24, 2.45) is 0 Å². The summed E-state index contributed by atoms with van der Waals surface area (Å²) in [5, 5.41) is 3.17. The van der Waals surface area contributed by atoms with Crippen LogP contribution in [0, 0.1) is 0 Å². The van der Waals surface area contributed by atoms with Crippen molar-refractivity contribution in [3.8, 4) is 5.75 Å². The molecule has 0 spiro atoms. The van der Waals surface area contributed by atoms with E-state index in [1.165, 1.54) is 5.56 Å². The van der Waals surface area contributed by atoms with E-state index in [1.807, 2.05) is 18.2 Å². The summed E-state index contributed by atoms with van der Waals surface area (Å²) in [5.41, 5.74) is 2.26. The minimum Gasteiger partial charge on any atom is -0.494 e. The average Bonchev–Trinajstić information content (AvgIpc) is 2.38. The molecule has 2 rings (SSSR count). The van der Waals surface area contributed by atoms with Crippen molar-refractivity contribution in [3.63, 3.8) is 0 Å². The van der Waals surface area contributed by atoms with Crippen LogP contribution in [0.4, 0.5) is 0 Å². The van der Waals surface area contributed by atoms with Crippen molar-refractivity contribution >= 4 is 17.9 Å². The molecule has 0 radical (unpaired) electrons.